The summed E-state index contributed by atoms with van der Waals surface area (Å²) in [5, 5.41) is 7.47. The van der Waals surface area contributed by atoms with Gasteiger partial charge in [0.15, 0.2) is 0 Å². The third-order valence-corrected chi connectivity index (χ3v) is 6.72. The largest absolute Gasteiger partial charge is 0.334 e. The molecule has 1 aromatic heterocycles. The summed E-state index contributed by atoms with van der Waals surface area (Å²) in [5.41, 5.74) is 7.06. The maximum atomic E-state index is 13.3. The van der Waals surface area contributed by atoms with Gasteiger partial charge in [-0.2, -0.15) is 4.98 Å². The molecule has 1 aliphatic rings. The van der Waals surface area contributed by atoms with Gasteiger partial charge in [-0.05, 0) is 49.4 Å². The summed E-state index contributed by atoms with van der Waals surface area (Å²) in [6, 6.07) is 26.0. The van der Waals surface area contributed by atoms with Crippen molar-refractivity contribution in [3.8, 4) is 11.4 Å². The third kappa shape index (κ3) is 4.80. The molecule has 6 heteroatoms. The molecule has 6 nitrogen and oxygen atoms in total. The number of nitrogens with zero attached hydrogens (tertiary/aromatic N) is 3. The number of nitrogens with one attached hydrogen (secondary N) is 1. The van der Waals surface area contributed by atoms with E-state index in [-0.39, 0.29) is 12.1 Å². The van der Waals surface area contributed by atoms with Gasteiger partial charge in [0, 0.05) is 17.8 Å². The van der Waals surface area contributed by atoms with Crippen molar-refractivity contribution in [2.24, 2.45) is 0 Å². The molecule has 1 N–H and O–H groups in total. The molecule has 182 valence electrons. The summed E-state index contributed by atoms with van der Waals surface area (Å²) in [4.78, 5) is 19.8. The van der Waals surface area contributed by atoms with Gasteiger partial charge >= 0.3 is 6.03 Å². The van der Waals surface area contributed by atoms with E-state index in [9.17, 15) is 4.79 Å². The number of benzene rings is 3. The summed E-state index contributed by atoms with van der Waals surface area (Å²) in [6.45, 7) is 6.67. The lowest BCUT2D eigenvalue weighted by atomic mass is 9.93. The summed E-state index contributed by atoms with van der Waals surface area (Å²) >= 11 is 0. The number of carbonyl (C=O) groups excluding carboxylic acids is 1. The Balaban J connectivity index is 1.54. The minimum atomic E-state index is -0.387. The fourth-order valence-corrected chi connectivity index (χ4v) is 4.64. The molecule has 2 heterocycles. The van der Waals surface area contributed by atoms with E-state index in [1.807, 2.05) is 56.3 Å². The van der Waals surface area contributed by atoms with Crippen molar-refractivity contribution in [1.82, 2.24) is 20.4 Å². The Bertz CT molecular complexity index is 1390. The average molecular weight is 479 g/mol. The van der Waals surface area contributed by atoms with Gasteiger partial charge in [-0.15, -0.1) is 0 Å². The molecule has 4 aromatic rings. The van der Waals surface area contributed by atoms with Crippen LogP contribution in [0.25, 0.3) is 17.0 Å². The highest BCUT2D eigenvalue weighted by Gasteiger charge is 2.35. The highest BCUT2D eigenvalue weighted by atomic mass is 16.5. The van der Waals surface area contributed by atoms with E-state index >= 15 is 0 Å². The molecular formula is C30H30N4O2. The van der Waals surface area contributed by atoms with Crippen LogP contribution in [0.2, 0.25) is 0 Å². The van der Waals surface area contributed by atoms with Crippen molar-refractivity contribution < 1.29 is 9.32 Å². The summed E-state index contributed by atoms with van der Waals surface area (Å²) in [5.74, 6) is 0.945. The highest BCUT2D eigenvalue weighted by Crippen LogP contribution is 2.37. The molecule has 0 fully saturated rings. The zero-order chi connectivity index (χ0) is 25.1. The van der Waals surface area contributed by atoms with E-state index in [2.05, 4.69) is 53.8 Å². The Morgan fingerprint density at radius 2 is 1.72 bits per heavy atom. The first kappa shape index (κ1) is 23.5. The average Bonchev–Trinajstić information content (AvgIpc) is 3.39. The maximum Gasteiger partial charge on any atom is 0.322 e. The van der Waals surface area contributed by atoms with Crippen LogP contribution in [0.5, 0.6) is 0 Å². The number of hydrogen-bond acceptors (Lipinski definition) is 4. The lowest BCUT2D eigenvalue weighted by Gasteiger charge is -2.35. The molecule has 36 heavy (non-hydrogen) atoms. The molecule has 1 atom stereocenters. The van der Waals surface area contributed by atoms with Crippen LogP contribution in [0.15, 0.2) is 89.1 Å². The smallest absolute Gasteiger partial charge is 0.322 e. The van der Waals surface area contributed by atoms with Gasteiger partial charge in [0.25, 0.3) is 5.89 Å². The fraction of sp³-hybridized carbons (Fsp3) is 0.233. The van der Waals surface area contributed by atoms with E-state index in [0.29, 0.717) is 18.3 Å². The predicted octanol–water partition coefficient (Wildman–Crippen LogP) is 6.35. The molecule has 0 aliphatic carbocycles. The number of hydrogen-bond donors (Lipinski definition) is 1. The number of aryl methyl sites for hydroxylation is 2. The lowest BCUT2D eigenvalue weighted by molar-refractivity contribution is 0.205. The van der Waals surface area contributed by atoms with Crippen molar-refractivity contribution >= 4 is 11.6 Å². The van der Waals surface area contributed by atoms with Gasteiger partial charge < -0.3 is 9.84 Å². The SMILES string of the molecule is CCc1ccc(C2NC(=O)N(CCc3ccccc3)C(C)=C2c2nc(-c3cccc(C)c3)no2)cc1. The second-order valence-electron chi connectivity index (χ2n) is 9.16. The lowest BCUT2D eigenvalue weighted by Crippen LogP contribution is -2.46. The van der Waals surface area contributed by atoms with E-state index in [1.165, 1.54) is 11.1 Å². The first-order valence-electron chi connectivity index (χ1n) is 12.4. The number of aromatic nitrogens is 2. The van der Waals surface area contributed by atoms with E-state index in [4.69, 9.17) is 9.51 Å². The fourth-order valence-electron chi connectivity index (χ4n) is 4.64. The monoisotopic (exact) mass is 478 g/mol. The minimum absolute atomic E-state index is 0.129. The molecule has 3 aromatic carbocycles. The zero-order valence-electron chi connectivity index (χ0n) is 20.9. The van der Waals surface area contributed by atoms with E-state index in [1.54, 1.807) is 4.90 Å². The second-order valence-corrected chi connectivity index (χ2v) is 9.16. The van der Waals surface area contributed by atoms with Crippen LogP contribution in [0.3, 0.4) is 0 Å². The molecule has 0 saturated carbocycles. The first-order valence-corrected chi connectivity index (χ1v) is 12.4. The molecule has 0 saturated heterocycles. The summed E-state index contributed by atoms with van der Waals surface area (Å²) in [7, 11) is 0. The number of rotatable bonds is 7. The molecule has 0 spiro atoms. The summed E-state index contributed by atoms with van der Waals surface area (Å²) < 4.78 is 5.81. The van der Waals surface area contributed by atoms with Crippen LogP contribution in [0, 0.1) is 6.92 Å². The molecule has 1 unspecified atom stereocenters. The van der Waals surface area contributed by atoms with Crippen molar-refractivity contribution in [3.05, 3.63) is 113 Å². The minimum Gasteiger partial charge on any atom is -0.334 e. The first-order chi connectivity index (χ1) is 17.5. The summed E-state index contributed by atoms with van der Waals surface area (Å²) in [6.07, 6.45) is 1.70. The molecule has 0 bridgehead atoms. The molecule has 2 amide bonds. The Hall–Kier alpha value is -4.19. The van der Waals surface area contributed by atoms with Crippen LogP contribution in [-0.2, 0) is 12.8 Å². The zero-order valence-corrected chi connectivity index (χ0v) is 20.9. The third-order valence-electron chi connectivity index (χ3n) is 6.72. The number of carbonyl (C=O) groups is 1. The van der Waals surface area contributed by atoms with Gasteiger partial charge in [-0.25, -0.2) is 4.79 Å². The predicted molar refractivity (Wildman–Crippen MR) is 141 cm³/mol. The van der Waals surface area contributed by atoms with Crippen molar-refractivity contribution in [3.63, 3.8) is 0 Å². The van der Waals surface area contributed by atoms with Crippen molar-refractivity contribution in [1.29, 1.82) is 0 Å². The van der Waals surface area contributed by atoms with Gasteiger partial charge in [0.2, 0.25) is 5.82 Å². The second kappa shape index (κ2) is 10.2. The Morgan fingerprint density at radius 3 is 2.44 bits per heavy atom. The van der Waals surface area contributed by atoms with Crippen LogP contribution < -0.4 is 5.32 Å². The molecule has 1 aliphatic heterocycles. The quantitative estimate of drug-likeness (QED) is 0.336. The van der Waals surface area contributed by atoms with Gasteiger partial charge in [0.05, 0.1) is 11.6 Å². The molecule has 5 rings (SSSR count). The Morgan fingerprint density at radius 1 is 0.944 bits per heavy atom. The molecular weight excluding hydrogens is 448 g/mol. The topological polar surface area (TPSA) is 71.3 Å². The standard InChI is InChI=1S/C30H30N4O2/c1-4-22-13-15-24(16-14-22)27-26(29-32-28(33-36-29)25-12-8-9-20(2)19-25)21(3)34(30(35)31-27)18-17-23-10-6-5-7-11-23/h5-16,19,27H,4,17-18H2,1-3H3,(H,31,35). The molecule has 0 radical (unpaired) electrons. The highest BCUT2D eigenvalue weighted by molar-refractivity contribution is 5.87. The van der Waals surface area contributed by atoms with Crippen molar-refractivity contribution in [2.45, 2.75) is 39.7 Å². The Kier molecular flexibility index (Phi) is 6.67. The van der Waals surface area contributed by atoms with Crippen LogP contribution in [0.4, 0.5) is 4.79 Å². The number of amides is 2. The van der Waals surface area contributed by atoms with Crippen LogP contribution in [0.1, 0.15) is 48.0 Å². The normalized spacial score (nSPS) is 15.8. The van der Waals surface area contributed by atoms with Crippen molar-refractivity contribution in [2.75, 3.05) is 6.54 Å². The van der Waals surface area contributed by atoms with Crippen LogP contribution in [-0.4, -0.2) is 27.6 Å². The van der Waals surface area contributed by atoms with Crippen LogP contribution >= 0.6 is 0 Å². The Labute approximate surface area is 211 Å². The van der Waals surface area contributed by atoms with Gasteiger partial charge in [-0.3, -0.25) is 4.90 Å². The number of allylic oxidation sites excluding steroid dienone is 1. The maximum absolute atomic E-state index is 13.3. The van der Waals surface area contributed by atoms with E-state index < -0.39 is 0 Å². The van der Waals surface area contributed by atoms with E-state index in [0.717, 1.165) is 40.8 Å². The van der Waals surface area contributed by atoms with Gasteiger partial charge in [-0.1, -0.05) is 90.4 Å². The van der Waals surface area contributed by atoms with Gasteiger partial charge in [0.1, 0.15) is 0 Å². The number of urea groups is 1.